The van der Waals surface area contributed by atoms with E-state index < -0.39 is 5.41 Å². The molecule has 2 atom stereocenters. The number of pyridine rings is 1. The Morgan fingerprint density at radius 3 is 2.71 bits per heavy atom. The Kier molecular flexibility index (Phi) is 7.80. The summed E-state index contributed by atoms with van der Waals surface area (Å²) < 4.78 is 10.7. The molecule has 3 amide bonds. The predicted octanol–water partition coefficient (Wildman–Crippen LogP) is 3.27. The molecule has 0 N–H and O–H groups in total. The molecule has 1 aromatic carbocycles. The van der Waals surface area contributed by atoms with Crippen LogP contribution in [-0.2, 0) is 24.5 Å². The summed E-state index contributed by atoms with van der Waals surface area (Å²) in [6.45, 7) is 1.32. The van der Waals surface area contributed by atoms with E-state index >= 15 is 0 Å². The molecule has 0 spiro atoms. The van der Waals surface area contributed by atoms with E-state index in [4.69, 9.17) is 9.47 Å². The number of para-hydroxylation sites is 1. The van der Waals surface area contributed by atoms with Gasteiger partial charge in [0.15, 0.2) is 0 Å². The van der Waals surface area contributed by atoms with E-state index in [1.54, 1.807) is 31.6 Å². The zero-order chi connectivity index (χ0) is 24.8. The van der Waals surface area contributed by atoms with Crippen molar-refractivity contribution in [1.29, 1.82) is 0 Å². The van der Waals surface area contributed by atoms with Crippen LogP contribution in [-0.4, -0.2) is 66.4 Å². The highest BCUT2D eigenvalue weighted by molar-refractivity contribution is 6.11. The van der Waals surface area contributed by atoms with Gasteiger partial charge in [0, 0.05) is 57.6 Å². The summed E-state index contributed by atoms with van der Waals surface area (Å²) in [6.07, 6.45) is 6.68. The lowest BCUT2D eigenvalue weighted by Crippen LogP contribution is -2.46. The van der Waals surface area contributed by atoms with Crippen LogP contribution in [0.3, 0.4) is 0 Å². The molecule has 2 fully saturated rings. The molecular formula is C27H33N3O5. The molecule has 3 heterocycles. The Bertz CT molecular complexity index is 1060. The first kappa shape index (κ1) is 24.9. The van der Waals surface area contributed by atoms with E-state index in [1.807, 2.05) is 29.2 Å². The molecule has 4 rings (SSSR count). The average molecular weight is 480 g/mol. The van der Waals surface area contributed by atoms with Gasteiger partial charge < -0.3 is 14.4 Å². The number of hydrogen-bond donors (Lipinski definition) is 0. The molecule has 2 saturated heterocycles. The third-order valence-electron chi connectivity index (χ3n) is 7.11. The highest BCUT2D eigenvalue weighted by Gasteiger charge is 2.55. The van der Waals surface area contributed by atoms with Crippen LogP contribution in [0.5, 0.6) is 5.75 Å². The highest BCUT2D eigenvalue weighted by Crippen LogP contribution is 2.45. The van der Waals surface area contributed by atoms with Crippen LogP contribution in [0.1, 0.15) is 55.7 Å². The van der Waals surface area contributed by atoms with Crippen molar-refractivity contribution in [2.45, 2.75) is 50.0 Å². The molecule has 0 bridgehead atoms. The van der Waals surface area contributed by atoms with Crippen LogP contribution in [0.2, 0.25) is 0 Å². The van der Waals surface area contributed by atoms with Gasteiger partial charge in [-0.25, -0.2) is 0 Å². The Balaban J connectivity index is 1.69. The lowest BCUT2D eigenvalue weighted by atomic mass is 9.74. The number of hydrogen-bond acceptors (Lipinski definition) is 6. The van der Waals surface area contributed by atoms with Gasteiger partial charge in [-0.2, -0.15) is 0 Å². The average Bonchev–Trinajstić information content (AvgIpc) is 3.14. The fourth-order valence-electron chi connectivity index (χ4n) is 5.39. The zero-order valence-corrected chi connectivity index (χ0v) is 20.4. The molecule has 0 aliphatic carbocycles. The number of carbonyl (C=O) groups is 3. The molecule has 0 radical (unpaired) electrons. The highest BCUT2D eigenvalue weighted by atomic mass is 16.5. The number of aromatic nitrogens is 1. The summed E-state index contributed by atoms with van der Waals surface area (Å²) in [7, 11) is 3.12. The quantitative estimate of drug-likeness (QED) is 0.405. The topological polar surface area (TPSA) is 89.0 Å². The molecular weight excluding hydrogens is 446 g/mol. The number of amides is 3. The first-order valence-corrected chi connectivity index (χ1v) is 12.2. The van der Waals surface area contributed by atoms with Crippen LogP contribution >= 0.6 is 0 Å². The van der Waals surface area contributed by atoms with Crippen LogP contribution in [0.25, 0.3) is 0 Å². The third kappa shape index (κ3) is 4.93. The fourth-order valence-corrected chi connectivity index (χ4v) is 5.39. The van der Waals surface area contributed by atoms with Crippen molar-refractivity contribution in [1.82, 2.24) is 14.8 Å². The Morgan fingerprint density at radius 1 is 1.14 bits per heavy atom. The van der Waals surface area contributed by atoms with Crippen molar-refractivity contribution in [2.24, 2.45) is 0 Å². The number of benzene rings is 1. The molecule has 0 unspecified atom stereocenters. The molecule has 1 aromatic heterocycles. The summed E-state index contributed by atoms with van der Waals surface area (Å²) in [4.78, 5) is 48.3. The molecule has 0 saturated carbocycles. The summed E-state index contributed by atoms with van der Waals surface area (Å²) >= 11 is 0. The molecule has 2 aliphatic heterocycles. The summed E-state index contributed by atoms with van der Waals surface area (Å²) in [6, 6.07) is 11.0. The monoisotopic (exact) mass is 479 g/mol. The number of likely N-dealkylation sites (tertiary alicyclic amines) is 2. The van der Waals surface area contributed by atoms with Crippen LogP contribution in [0.15, 0.2) is 48.8 Å². The van der Waals surface area contributed by atoms with E-state index in [1.165, 1.54) is 12.0 Å². The molecule has 8 nitrogen and oxygen atoms in total. The maximum Gasteiger partial charge on any atom is 0.241 e. The first-order valence-electron chi connectivity index (χ1n) is 12.2. The minimum Gasteiger partial charge on any atom is -0.496 e. The third-order valence-corrected chi connectivity index (χ3v) is 7.11. The van der Waals surface area contributed by atoms with Gasteiger partial charge in [0.05, 0.1) is 18.6 Å². The van der Waals surface area contributed by atoms with Crippen LogP contribution in [0.4, 0.5) is 0 Å². The van der Waals surface area contributed by atoms with E-state index in [0.717, 1.165) is 24.8 Å². The van der Waals surface area contributed by atoms with Gasteiger partial charge in [-0.15, -0.1) is 0 Å². The molecule has 8 heteroatoms. The Morgan fingerprint density at radius 2 is 1.97 bits per heavy atom. The molecule has 35 heavy (non-hydrogen) atoms. The largest absolute Gasteiger partial charge is 0.496 e. The number of nitrogens with zero attached hydrogens (tertiary/aromatic N) is 3. The van der Waals surface area contributed by atoms with Crippen molar-refractivity contribution in [3.8, 4) is 5.75 Å². The van der Waals surface area contributed by atoms with Crippen LogP contribution in [0, 0.1) is 0 Å². The van der Waals surface area contributed by atoms with Gasteiger partial charge in [-0.3, -0.25) is 24.3 Å². The number of piperidine rings is 1. The lowest BCUT2D eigenvalue weighted by Gasteiger charge is -2.38. The van der Waals surface area contributed by atoms with E-state index in [9.17, 15) is 14.4 Å². The molecule has 2 aromatic rings. The SMILES string of the molecule is COCCCN1C(=O)C[C@](CC(=O)N2CCCC[C@H]2c2cccnc2)(c2ccccc2OC)C1=O. The van der Waals surface area contributed by atoms with Crippen molar-refractivity contribution < 1.29 is 23.9 Å². The Hall–Kier alpha value is -3.26. The van der Waals surface area contributed by atoms with E-state index in [0.29, 0.717) is 30.9 Å². The number of carbonyl (C=O) groups excluding carboxylic acids is 3. The number of ether oxygens (including phenoxy) is 2. The normalized spacial score (nSPS) is 22.5. The van der Waals surface area contributed by atoms with Gasteiger partial charge in [0.2, 0.25) is 17.7 Å². The van der Waals surface area contributed by atoms with Crippen LogP contribution < -0.4 is 4.74 Å². The van der Waals surface area contributed by atoms with Crippen molar-refractivity contribution >= 4 is 17.7 Å². The smallest absolute Gasteiger partial charge is 0.241 e. The summed E-state index contributed by atoms with van der Waals surface area (Å²) in [5, 5.41) is 0. The second kappa shape index (κ2) is 11.0. The molecule has 186 valence electrons. The standard InChI is InChI=1S/C27H33N3O5/c1-34-16-8-15-30-25(32)18-27(26(30)33,21-10-3-4-12-23(21)35-2)17-24(31)29-14-6-5-11-22(29)20-9-7-13-28-19-20/h3-4,7,9-10,12-13,19,22H,5-6,8,11,14-18H2,1-2H3/t22-,27+/m0/s1. The van der Waals surface area contributed by atoms with Gasteiger partial charge in [0.1, 0.15) is 5.75 Å². The van der Waals surface area contributed by atoms with Gasteiger partial charge in [0.25, 0.3) is 0 Å². The maximum atomic E-state index is 13.9. The van der Waals surface area contributed by atoms with Crippen molar-refractivity contribution in [3.05, 3.63) is 59.9 Å². The van der Waals surface area contributed by atoms with Gasteiger partial charge >= 0.3 is 0 Å². The van der Waals surface area contributed by atoms with Crippen molar-refractivity contribution in [2.75, 3.05) is 33.9 Å². The number of methoxy groups -OCH3 is 2. The predicted molar refractivity (Wildman–Crippen MR) is 130 cm³/mol. The van der Waals surface area contributed by atoms with E-state index in [2.05, 4.69) is 4.98 Å². The second-order valence-corrected chi connectivity index (χ2v) is 9.22. The first-order chi connectivity index (χ1) is 17.0. The summed E-state index contributed by atoms with van der Waals surface area (Å²) in [5.74, 6) is -0.245. The molecule has 2 aliphatic rings. The maximum absolute atomic E-state index is 13.9. The minimum absolute atomic E-state index is 0.0592. The lowest BCUT2D eigenvalue weighted by molar-refractivity contribution is -0.144. The summed E-state index contributed by atoms with van der Waals surface area (Å²) in [5.41, 5.74) is 0.269. The van der Waals surface area contributed by atoms with Gasteiger partial charge in [-0.1, -0.05) is 24.3 Å². The fraction of sp³-hybridized carbons (Fsp3) is 0.481. The number of imide groups is 1. The zero-order valence-electron chi connectivity index (χ0n) is 20.4. The number of rotatable bonds is 9. The minimum atomic E-state index is -1.30. The van der Waals surface area contributed by atoms with Gasteiger partial charge in [-0.05, 0) is 43.4 Å². The van der Waals surface area contributed by atoms with Crippen molar-refractivity contribution in [3.63, 3.8) is 0 Å². The Labute approximate surface area is 206 Å². The van der Waals surface area contributed by atoms with E-state index in [-0.39, 0.29) is 43.1 Å². The second-order valence-electron chi connectivity index (χ2n) is 9.22.